The predicted octanol–water partition coefficient (Wildman–Crippen LogP) is 3.02. The Kier molecular flexibility index (Phi) is 2.56. The molecule has 0 heterocycles. The van der Waals surface area contributed by atoms with Gasteiger partial charge in [0.1, 0.15) is 0 Å². The lowest BCUT2D eigenvalue weighted by Crippen LogP contribution is -2.27. The third-order valence-corrected chi connectivity index (χ3v) is 3.72. The molecule has 2 aliphatic rings. The normalized spacial score (nSPS) is 22.5. The molecule has 1 spiro atoms. The van der Waals surface area contributed by atoms with Gasteiger partial charge in [0.05, 0.1) is 11.6 Å². The molecule has 0 aromatic carbocycles. The fourth-order valence-electron chi connectivity index (χ4n) is 2.61. The third-order valence-electron chi connectivity index (χ3n) is 3.72. The van der Waals surface area contributed by atoms with Gasteiger partial charge in [-0.3, -0.25) is 0 Å². The first-order chi connectivity index (χ1) is 7.23. The predicted molar refractivity (Wildman–Crippen MR) is 60.7 cm³/mol. The highest BCUT2D eigenvalue weighted by molar-refractivity contribution is 5.54. The van der Waals surface area contributed by atoms with E-state index in [2.05, 4.69) is 19.1 Å². The van der Waals surface area contributed by atoms with Crippen molar-refractivity contribution >= 4 is 0 Å². The Hall–Kier alpha value is -1.23. The maximum atomic E-state index is 9.16. The van der Waals surface area contributed by atoms with Crippen LogP contribution >= 0.6 is 0 Å². The van der Waals surface area contributed by atoms with Crippen LogP contribution in [0.15, 0.2) is 22.9 Å². The van der Waals surface area contributed by atoms with Crippen LogP contribution in [0.2, 0.25) is 0 Å². The van der Waals surface area contributed by atoms with E-state index >= 15 is 0 Å². The molecule has 2 nitrogen and oxygen atoms in total. The summed E-state index contributed by atoms with van der Waals surface area (Å²) < 4.78 is 0. The van der Waals surface area contributed by atoms with Crippen LogP contribution in [0.3, 0.4) is 0 Å². The van der Waals surface area contributed by atoms with Gasteiger partial charge in [-0.05, 0) is 31.3 Å². The van der Waals surface area contributed by atoms with Gasteiger partial charge in [-0.2, -0.15) is 5.26 Å². The van der Waals surface area contributed by atoms with Crippen molar-refractivity contribution in [2.24, 2.45) is 11.1 Å². The minimum atomic E-state index is 0.0574. The molecule has 2 heteroatoms. The smallest absolute Gasteiger partial charge is 0.0978 e. The number of hydrogen-bond acceptors (Lipinski definition) is 2. The fraction of sp³-hybridized carbons (Fsp3) is 0.615. The van der Waals surface area contributed by atoms with E-state index in [1.54, 1.807) is 0 Å². The highest BCUT2D eigenvalue weighted by Gasteiger charge is 2.44. The van der Waals surface area contributed by atoms with Crippen molar-refractivity contribution in [3.63, 3.8) is 0 Å². The lowest BCUT2D eigenvalue weighted by Gasteiger charge is -2.36. The fourth-order valence-corrected chi connectivity index (χ4v) is 2.61. The van der Waals surface area contributed by atoms with Crippen molar-refractivity contribution in [1.29, 1.82) is 5.26 Å². The van der Waals surface area contributed by atoms with Gasteiger partial charge in [-0.15, -0.1) is 0 Å². The second kappa shape index (κ2) is 3.73. The van der Waals surface area contributed by atoms with Gasteiger partial charge in [0.2, 0.25) is 0 Å². The first kappa shape index (κ1) is 10.3. The molecule has 0 aromatic heterocycles. The maximum Gasteiger partial charge on any atom is 0.0978 e. The molecule has 0 aromatic rings. The summed E-state index contributed by atoms with van der Waals surface area (Å²) in [6, 6.07) is 2.32. The zero-order valence-corrected chi connectivity index (χ0v) is 9.34. The molecule has 0 bridgehead atoms. The first-order valence-corrected chi connectivity index (χ1v) is 5.86. The molecule has 1 fully saturated rings. The Bertz CT molecular complexity index is 364. The SMILES string of the molecule is CCCCC1=CC2(CCC2)C(C#N)=C1N. The second-order valence-electron chi connectivity index (χ2n) is 4.68. The van der Waals surface area contributed by atoms with E-state index in [-0.39, 0.29) is 5.41 Å². The average molecular weight is 202 g/mol. The number of hydrogen-bond donors (Lipinski definition) is 1. The van der Waals surface area contributed by atoms with Gasteiger partial charge in [0, 0.05) is 11.1 Å². The number of unbranched alkanes of at least 4 members (excludes halogenated alkanes) is 1. The summed E-state index contributed by atoms with van der Waals surface area (Å²) in [5, 5.41) is 9.16. The van der Waals surface area contributed by atoms with E-state index in [4.69, 9.17) is 11.0 Å². The Labute approximate surface area is 91.5 Å². The largest absolute Gasteiger partial charge is 0.398 e. The molecular weight excluding hydrogens is 184 g/mol. The minimum absolute atomic E-state index is 0.0574. The van der Waals surface area contributed by atoms with Crippen LogP contribution in [-0.2, 0) is 0 Å². The summed E-state index contributed by atoms with van der Waals surface area (Å²) in [6.07, 6.45) is 9.13. The quantitative estimate of drug-likeness (QED) is 0.764. The van der Waals surface area contributed by atoms with Crippen LogP contribution in [0.4, 0.5) is 0 Å². The average Bonchev–Trinajstić information content (AvgIpc) is 2.48. The van der Waals surface area contributed by atoms with Crippen molar-refractivity contribution < 1.29 is 0 Å². The van der Waals surface area contributed by atoms with Crippen LogP contribution in [0.1, 0.15) is 45.4 Å². The van der Waals surface area contributed by atoms with Crippen molar-refractivity contribution in [2.45, 2.75) is 45.4 Å². The molecular formula is C13H18N2. The van der Waals surface area contributed by atoms with Gasteiger partial charge in [0.25, 0.3) is 0 Å². The third kappa shape index (κ3) is 1.47. The van der Waals surface area contributed by atoms with Gasteiger partial charge >= 0.3 is 0 Å². The molecule has 0 atom stereocenters. The Morgan fingerprint density at radius 2 is 2.27 bits per heavy atom. The molecule has 2 rings (SSSR count). The Morgan fingerprint density at radius 3 is 2.67 bits per heavy atom. The zero-order valence-electron chi connectivity index (χ0n) is 9.34. The van der Waals surface area contributed by atoms with E-state index in [1.807, 2.05) is 0 Å². The molecule has 0 aliphatic heterocycles. The maximum absolute atomic E-state index is 9.16. The van der Waals surface area contributed by atoms with Crippen LogP contribution in [0.5, 0.6) is 0 Å². The topological polar surface area (TPSA) is 49.8 Å². The summed E-state index contributed by atoms with van der Waals surface area (Å²) in [6.45, 7) is 2.18. The van der Waals surface area contributed by atoms with Crippen LogP contribution in [-0.4, -0.2) is 0 Å². The van der Waals surface area contributed by atoms with Crippen LogP contribution in [0, 0.1) is 16.7 Å². The lowest BCUT2D eigenvalue weighted by atomic mass is 9.66. The molecule has 2 N–H and O–H groups in total. The summed E-state index contributed by atoms with van der Waals surface area (Å²) in [5.74, 6) is 0. The van der Waals surface area contributed by atoms with Crippen molar-refractivity contribution in [1.82, 2.24) is 0 Å². The summed E-state index contributed by atoms with van der Waals surface area (Å²) in [5.41, 5.74) is 8.97. The number of nitriles is 1. The number of nitrogens with zero attached hydrogens (tertiary/aromatic N) is 1. The second-order valence-corrected chi connectivity index (χ2v) is 4.68. The molecule has 80 valence electrons. The van der Waals surface area contributed by atoms with E-state index < -0.39 is 0 Å². The Balaban J connectivity index is 2.23. The zero-order chi connectivity index (χ0) is 10.9. The summed E-state index contributed by atoms with van der Waals surface area (Å²) >= 11 is 0. The minimum Gasteiger partial charge on any atom is -0.398 e. The van der Waals surface area contributed by atoms with Gasteiger partial charge in [-0.1, -0.05) is 25.8 Å². The molecule has 2 aliphatic carbocycles. The lowest BCUT2D eigenvalue weighted by molar-refractivity contribution is 0.268. The van der Waals surface area contributed by atoms with Gasteiger partial charge in [0.15, 0.2) is 0 Å². The first-order valence-electron chi connectivity index (χ1n) is 5.86. The monoisotopic (exact) mass is 202 g/mol. The van der Waals surface area contributed by atoms with Crippen LogP contribution < -0.4 is 5.73 Å². The van der Waals surface area contributed by atoms with Crippen molar-refractivity contribution in [3.8, 4) is 6.07 Å². The summed E-state index contributed by atoms with van der Waals surface area (Å²) in [4.78, 5) is 0. The van der Waals surface area contributed by atoms with E-state index in [0.717, 1.165) is 30.5 Å². The molecule has 15 heavy (non-hydrogen) atoms. The van der Waals surface area contributed by atoms with Gasteiger partial charge in [-0.25, -0.2) is 0 Å². The van der Waals surface area contributed by atoms with Crippen LogP contribution in [0.25, 0.3) is 0 Å². The molecule has 0 unspecified atom stereocenters. The Morgan fingerprint density at radius 1 is 1.53 bits per heavy atom. The van der Waals surface area contributed by atoms with E-state index in [1.165, 1.54) is 24.8 Å². The summed E-state index contributed by atoms with van der Waals surface area (Å²) in [7, 11) is 0. The van der Waals surface area contributed by atoms with E-state index in [0.29, 0.717) is 0 Å². The van der Waals surface area contributed by atoms with Crippen molar-refractivity contribution in [3.05, 3.63) is 22.9 Å². The molecule has 1 saturated carbocycles. The highest BCUT2D eigenvalue weighted by Crippen LogP contribution is 2.53. The number of nitrogens with two attached hydrogens (primary N) is 1. The van der Waals surface area contributed by atoms with Crippen molar-refractivity contribution in [2.75, 3.05) is 0 Å². The number of allylic oxidation sites excluding steroid dienone is 3. The van der Waals surface area contributed by atoms with Gasteiger partial charge < -0.3 is 5.73 Å². The standard InChI is InChI=1S/C13H18N2/c1-2-3-5-10-8-13(6-4-7-13)11(9-14)12(10)15/h8H,2-7,15H2,1H3. The number of rotatable bonds is 3. The highest BCUT2D eigenvalue weighted by atomic mass is 14.6. The molecule has 0 radical (unpaired) electrons. The molecule has 0 amide bonds. The molecule has 0 saturated heterocycles. The van der Waals surface area contributed by atoms with E-state index in [9.17, 15) is 0 Å².